The molecule has 0 amide bonds. The lowest BCUT2D eigenvalue weighted by Crippen LogP contribution is -2.12. The molecule has 0 bridgehead atoms. The lowest BCUT2D eigenvalue weighted by molar-refractivity contribution is 0.0975. The molecule has 1 aromatic heterocycles. The second kappa shape index (κ2) is 5.15. The van der Waals surface area contributed by atoms with Gasteiger partial charge < -0.3 is 10.7 Å². The number of nitrogens with two attached hydrogens (primary N) is 1. The Labute approximate surface area is 101 Å². The number of aromatic nitrogens is 1. The Morgan fingerprint density at radius 2 is 2.24 bits per heavy atom. The van der Waals surface area contributed by atoms with E-state index in [-0.39, 0.29) is 5.78 Å². The second-order valence-corrected chi connectivity index (χ2v) is 4.58. The molecule has 0 aliphatic rings. The van der Waals surface area contributed by atoms with Crippen LogP contribution in [0.2, 0.25) is 0 Å². The average Bonchev–Trinajstić information content (AvgIpc) is 2.82. The summed E-state index contributed by atoms with van der Waals surface area (Å²) in [6, 6.07) is 7.76. The molecule has 0 radical (unpaired) electrons. The number of aromatic amines is 1. The summed E-state index contributed by atoms with van der Waals surface area (Å²) in [4.78, 5) is 15.1. The van der Waals surface area contributed by atoms with E-state index in [1.807, 2.05) is 30.5 Å². The third-order valence-electron chi connectivity index (χ3n) is 3.14. The molecule has 1 unspecified atom stereocenters. The number of Topliss-reactive ketones (excluding diaryl/α,β-unsaturated/α-hetero) is 1. The number of ketones is 1. The molecule has 3 nitrogen and oxygen atoms in total. The Kier molecular flexibility index (Phi) is 3.59. The van der Waals surface area contributed by atoms with E-state index in [4.69, 9.17) is 5.73 Å². The lowest BCUT2D eigenvalue weighted by Gasteiger charge is -2.07. The topological polar surface area (TPSA) is 58.9 Å². The minimum Gasteiger partial charge on any atom is -0.361 e. The zero-order chi connectivity index (χ0) is 12.3. The van der Waals surface area contributed by atoms with Gasteiger partial charge in [0.15, 0.2) is 5.78 Å². The highest BCUT2D eigenvalue weighted by Crippen LogP contribution is 2.16. The van der Waals surface area contributed by atoms with Crippen molar-refractivity contribution in [2.75, 3.05) is 6.54 Å². The molecule has 0 saturated heterocycles. The summed E-state index contributed by atoms with van der Waals surface area (Å²) < 4.78 is 0. The van der Waals surface area contributed by atoms with E-state index in [0.717, 1.165) is 22.9 Å². The fourth-order valence-electron chi connectivity index (χ4n) is 1.87. The van der Waals surface area contributed by atoms with Crippen molar-refractivity contribution < 1.29 is 4.79 Å². The molecule has 0 fully saturated rings. The van der Waals surface area contributed by atoms with Gasteiger partial charge in [-0.3, -0.25) is 4.79 Å². The molecule has 2 aromatic rings. The van der Waals surface area contributed by atoms with Gasteiger partial charge >= 0.3 is 0 Å². The first-order chi connectivity index (χ1) is 8.20. The number of nitrogens with one attached hydrogen (secondary N) is 1. The molecular weight excluding hydrogens is 212 g/mol. The van der Waals surface area contributed by atoms with Crippen LogP contribution in [0, 0.1) is 5.92 Å². The molecular formula is C14H18N2O. The van der Waals surface area contributed by atoms with Gasteiger partial charge in [0.25, 0.3) is 0 Å². The molecule has 1 aromatic carbocycles. The van der Waals surface area contributed by atoms with Crippen LogP contribution in [0.25, 0.3) is 10.9 Å². The normalized spacial score (nSPS) is 12.8. The van der Waals surface area contributed by atoms with Crippen molar-refractivity contribution in [1.82, 2.24) is 4.98 Å². The van der Waals surface area contributed by atoms with Gasteiger partial charge in [-0.25, -0.2) is 0 Å². The molecule has 17 heavy (non-hydrogen) atoms. The van der Waals surface area contributed by atoms with Crippen LogP contribution in [0.3, 0.4) is 0 Å². The minimum atomic E-state index is 0.202. The van der Waals surface area contributed by atoms with Crippen LogP contribution in [-0.4, -0.2) is 17.3 Å². The zero-order valence-corrected chi connectivity index (χ0v) is 10.1. The largest absolute Gasteiger partial charge is 0.361 e. The number of benzene rings is 1. The summed E-state index contributed by atoms with van der Waals surface area (Å²) in [6.45, 7) is 2.72. The van der Waals surface area contributed by atoms with E-state index >= 15 is 0 Å². The number of fused-ring (bicyclic) bond motifs is 1. The maximum atomic E-state index is 12.0. The van der Waals surface area contributed by atoms with Crippen molar-refractivity contribution in [2.24, 2.45) is 11.7 Å². The monoisotopic (exact) mass is 230 g/mol. The molecule has 0 aliphatic carbocycles. The summed E-state index contributed by atoms with van der Waals surface area (Å²) in [6.07, 6.45) is 3.32. The van der Waals surface area contributed by atoms with Crippen LogP contribution in [0.1, 0.15) is 30.1 Å². The highest BCUT2D eigenvalue weighted by atomic mass is 16.1. The Morgan fingerprint density at radius 1 is 1.41 bits per heavy atom. The lowest BCUT2D eigenvalue weighted by atomic mass is 9.99. The highest BCUT2D eigenvalue weighted by molar-refractivity contribution is 5.99. The van der Waals surface area contributed by atoms with Gasteiger partial charge in [0, 0.05) is 29.1 Å². The number of rotatable bonds is 5. The summed E-state index contributed by atoms with van der Waals surface area (Å²) in [5.41, 5.74) is 7.40. The summed E-state index contributed by atoms with van der Waals surface area (Å²) >= 11 is 0. The Bertz CT molecular complexity index is 516. The zero-order valence-electron chi connectivity index (χ0n) is 10.1. The van der Waals surface area contributed by atoms with Gasteiger partial charge in [-0.2, -0.15) is 0 Å². The number of H-pyrrole nitrogens is 1. The molecule has 0 saturated carbocycles. The standard InChI is InChI=1S/C14H18N2O/c1-10(9-15)2-5-14(17)12-3-4-13-11(8-12)6-7-16-13/h3-4,6-8,10,16H,2,5,9,15H2,1H3. The Morgan fingerprint density at radius 3 is 3.00 bits per heavy atom. The van der Waals surface area contributed by atoms with Crippen molar-refractivity contribution in [3.05, 3.63) is 36.0 Å². The molecule has 0 aliphatic heterocycles. The molecule has 2 rings (SSSR count). The number of hydrogen-bond donors (Lipinski definition) is 2. The fourth-order valence-corrected chi connectivity index (χ4v) is 1.87. The molecule has 90 valence electrons. The second-order valence-electron chi connectivity index (χ2n) is 4.58. The van der Waals surface area contributed by atoms with Crippen LogP contribution < -0.4 is 5.73 Å². The van der Waals surface area contributed by atoms with Crippen molar-refractivity contribution in [1.29, 1.82) is 0 Å². The average molecular weight is 230 g/mol. The van der Waals surface area contributed by atoms with Gasteiger partial charge in [-0.15, -0.1) is 0 Å². The first-order valence-electron chi connectivity index (χ1n) is 6.01. The van der Waals surface area contributed by atoms with Crippen LogP contribution in [-0.2, 0) is 0 Å². The van der Waals surface area contributed by atoms with Crippen molar-refractivity contribution >= 4 is 16.7 Å². The third-order valence-corrected chi connectivity index (χ3v) is 3.14. The number of carbonyl (C=O) groups excluding carboxylic acids is 1. The summed E-state index contributed by atoms with van der Waals surface area (Å²) in [7, 11) is 0. The van der Waals surface area contributed by atoms with Gasteiger partial charge in [0.2, 0.25) is 0 Å². The van der Waals surface area contributed by atoms with Crippen LogP contribution >= 0.6 is 0 Å². The quantitative estimate of drug-likeness (QED) is 0.776. The van der Waals surface area contributed by atoms with Gasteiger partial charge in [-0.05, 0) is 43.1 Å². The molecule has 1 heterocycles. The van der Waals surface area contributed by atoms with Crippen molar-refractivity contribution in [3.8, 4) is 0 Å². The summed E-state index contributed by atoms with van der Waals surface area (Å²) in [5.74, 6) is 0.614. The van der Waals surface area contributed by atoms with Crippen molar-refractivity contribution in [3.63, 3.8) is 0 Å². The van der Waals surface area contributed by atoms with Crippen LogP contribution in [0.4, 0.5) is 0 Å². The van der Waals surface area contributed by atoms with Gasteiger partial charge in [-0.1, -0.05) is 6.92 Å². The molecule has 3 heteroatoms. The predicted molar refractivity (Wildman–Crippen MR) is 70.1 cm³/mol. The molecule has 1 atom stereocenters. The first-order valence-corrected chi connectivity index (χ1v) is 6.01. The minimum absolute atomic E-state index is 0.202. The van der Waals surface area contributed by atoms with E-state index < -0.39 is 0 Å². The Hall–Kier alpha value is -1.61. The maximum absolute atomic E-state index is 12.0. The molecule has 0 spiro atoms. The third kappa shape index (κ3) is 2.74. The van der Waals surface area contributed by atoms with E-state index in [9.17, 15) is 4.79 Å². The predicted octanol–water partition coefficient (Wildman–Crippen LogP) is 2.73. The van der Waals surface area contributed by atoms with Gasteiger partial charge in [0.05, 0.1) is 0 Å². The van der Waals surface area contributed by atoms with Crippen LogP contribution in [0.5, 0.6) is 0 Å². The van der Waals surface area contributed by atoms with Crippen LogP contribution in [0.15, 0.2) is 30.5 Å². The maximum Gasteiger partial charge on any atom is 0.162 e. The Balaban J connectivity index is 2.08. The van der Waals surface area contributed by atoms with E-state index in [1.54, 1.807) is 0 Å². The van der Waals surface area contributed by atoms with E-state index in [0.29, 0.717) is 18.9 Å². The summed E-state index contributed by atoms with van der Waals surface area (Å²) in [5, 5.41) is 1.09. The van der Waals surface area contributed by atoms with E-state index in [2.05, 4.69) is 11.9 Å². The highest BCUT2D eigenvalue weighted by Gasteiger charge is 2.09. The SMILES string of the molecule is CC(CN)CCC(=O)c1ccc2[nH]ccc2c1. The van der Waals surface area contributed by atoms with Gasteiger partial charge in [0.1, 0.15) is 0 Å². The van der Waals surface area contributed by atoms with Crippen molar-refractivity contribution in [2.45, 2.75) is 19.8 Å². The molecule has 3 N–H and O–H groups in total. The van der Waals surface area contributed by atoms with E-state index in [1.165, 1.54) is 0 Å². The fraction of sp³-hybridized carbons (Fsp3) is 0.357. The smallest absolute Gasteiger partial charge is 0.162 e. The first kappa shape index (κ1) is 11.9. The number of carbonyl (C=O) groups is 1. The number of hydrogen-bond acceptors (Lipinski definition) is 2.